The third-order valence-electron chi connectivity index (χ3n) is 5.40. The number of thioether (sulfide) groups is 1. The number of hydrogen-bond donors (Lipinski definition) is 1. The molecule has 5 nitrogen and oxygen atoms in total. The van der Waals surface area contributed by atoms with Gasteiger partial charge >= 0.3 is 0 Å². The van der Waals surface area contributed by atoms with Crippen molar-refractivity contribution in [1.29, 1.82) is 0 Å². The lowest BCUT2D eigenvalue weighted by Crippen LogP contribution is -2.28. The third-order valence-corrected chi connectivity index (χ3v) is 6.61. The Balaban J connectivity index is 1.58. The minimum Gasteiger partial charge on any atom is -0.497 e. The summed E-state index contributed by atoms with van der Waals surface area (Å²) < 4.78 is 5.20. The first-order valence-corrected chi connectivity index (χ1v) is 11.1. The number of methoxy groups -OCH3 is 1. The van der Waals surface area contributed by atoms with E-state index in [4.69, 9.17) is 4.74 Å². The standard InChI is InChI=1S/C25H24N2O3S/c1-16-10-11-21(12-17(16)2)27-23(28)15-31-25(27)19-7-4-8-20(13-19)26-24(29)18-6-5-9-22(14-18)30-3/h4-14,25H,15H2,1-3H3,(H,26,29). The molecule has 1 unspecified atom stereocenters. The van der Waals surface area contributed by atoms with Crippen molar-refractivity contribution in [2.45, 2.75) is 19.2 Å². The summed E-state index contributed by atoms with van der Waals surface area (Å²) in [6.07, 6.45) is 0. The second-order valence-corrected chi connectivity index (χ2v) is 8.58. The van der Waals surface area contributed by atoms with E-state index in [-0.39, 0.29) is 17.2 Å². The zero-order chi connectivity index (χ0) is 22.0. The Labute approximate surface area is 186 Å². The molecule has 0 aromatic heterocycles. The zero-order valence-electron chi connectivity index (χ0n) is 17.7. The van der Waals surface area contributed by atoms with Crippen LogP contribution in [0, 0.1) is 13.8 Å². The number of rotatable bonds is 5. The van der Waals surface area contributed by atoms with E-state index in [1.807, 2.05) is 41.3 Å². The minimum atomic E-state index is -0.211. The van der Waals surface area contributed by atoms with Crippen LogP contribution in [0.3, 0.4) is 0 Å². The van der Waals surface area contributed by atoms with Gasteiger partial charge in [0.1, 0.15) is 11.1 Å². The van der Waals surface area contributed by atoms with Crippen LogP contribution in [0.25, 0.3) is 0 Å². The third kappa shape index (κ3) is 4.44. The molecule has 6 heteroatoms. The zero-order valence-corrected chi connectivity index (χ0v) is 18.5. The molecule has 0 saturated carbocycles. The number of nitrogens with one attached hydrogen (secondary N) is 1. The molecule has 1 heterocycles. The highest BCUT2D eigenvalue weighted by Crippen LogP contribution is 2.42. The molecule has 3 aromatic rings. The Kier molecular flexibility index (Phi) is 6.00. The fourth-order valence-corrected chi connectivity index (χ4v) is 4.73. The normalized spacial score (nSPS) is 15.8. The van der Waals surface area contributed by atoms with E-state index in [2.05, 4.69) is 25.2 Å². The molecule has 1 saturated heterocycles. The smallest absolute Gasteiger partial charge is 0.255 e. The van der Waals surface area contributed by atoms with E-state index in [0.29, 0.717) is 22.8 Å². The van der Waals surface area contributed by atoms with Crippen LogP contribution in [0.4, 0.5) is 11.4 Å². The summed E-state index contributed by atoms with van der Waals surface area (Å²) >= 11 is 1.59. The van der Waals surface area contributed by atoms with Gasteiger partial charge in [-0.15, -0.1) is 11.8 Å². The second kappa shape index (κ2) is 8.86. The Morgan fingerprint density at radius 3 is 2.61 bits per heavy atom. The maximum Gasteiger partial charge on any atom is 0.255 e. The number of ether oxygens (including phenoxy) is 1. The number of hydrogen-bond acceptors (Lipinski definition) is 4. The van der Waals surface area contributed by atoms with Gasteiger partial charge in [-0.3, -0.25) is 14.5 Å². The predicted octanol–water partition coefficient (Wildman–Crippen LogP) is 5.34. The summed E-state index contributed by atoms with van der Waals surface area (Å²) in [7, 11) is 1.57. The molecule has 1 N–H and O–H groups in total. The van der Waals surface area contributed by atoms with E-state index >= 15 is 0 Å². The topological polar surface area (TPSA) is 58.6 Å². The van der Waals surface area contributed by atoms with E-state index in [0.717, 1.165) is 16.8 Å². The quantitative estimate of drug-likeness (QED) is 0.591. The van der Waals surface area contributed by atoms with Gasteiger partial charge in [0.05, 0.1) is 12.9 Å². The summed E-state index contributed by atoms with van der Waals surface area (Å²) in [6, 6.07) is 20.8. The Hall–Kier alpha value is -3.25. The fourth-order valence-electron chi connectivity index (χ4n) is 3.56. The Morgan fingerprint density at radius 1 is 1.03 bits per heavy atom. The van der Waals surface area contributed by atoms with E-state index in [9.17, 15) is 9.59 Å². The SMILES string of the molecule is COc1cccc(C(=O)Nc2cccc(C3SCC(=O)N3c3ccc(C)c(C)c3)c2)c1. The molecule has 1 fully saturated rings. The van der Waals surface area contributed by atoms with Gasteiger partial charge in [0.25, 0.3) is 5.91 Å². The lowest BCUT2D eigenvalue weighted by Gasteiger charge is -2.25. The molecule has 31 heavy (non-hydrogen) atoms. The van der Waals surface area contributed by atoms with Gasteiger partial charge in [-0.05, 0) is 73.0 Å². The highest BCUT2D eigenvalue weighted by molar-refractivity contribution is 8.00. The Bertz CT molecular complexity index is 1150. The van der Waals surface area contributed by atoms with Gasteiger partial charge in [-0.2, -0.15) is 0 Å². The molecule has 0 aliphatic carbocycles. The molecule has 1 aliphatic rings. The van der Waals surface area contributed by atoms with Gasteiger partial charge < -0.3 is 10.1 Å². The molecular weight excluding hydrogens is 408 g/mol. The lowest BCUT2D eigenvalue weighted by molar-refractivity contribution is -0.115. The monoisotopic (exact) mass is 432 g/mol. The lowest BCUT2D eigenvalue weighted by atomic mass is 10.1. The van der Waals surface area contributed by atoms with Crippen LogP contribution in [0.5, 0.6) is 5.75 Å². The number of anilines is 2. The van der Waals surface area contributed by atoms with Crippen molar-refractivity contribution in [1.82, 2.24) is 0 Å². The van der Waals surface area contributed by atoms with Gasteiger partial charge in [0.15, 0.2) is 0 Å². The average molecular weight is 433 g/mol. The summed E-state index contributed by atoms with van der Waals surface area (Å²) in [6.45, 7) is 4.11. The largest absolute Gasteiger partial charge is 0.497 e. The number of carbonyl (C=O) groups is 2. The summed E-state index contributed by atoms with van der Waals surface area (Å²) in [5, 5.41) is 2.81. The maximum absolute atomic E-state index is 12.7. The highest BCUT2D eigenvalue weighted by atomic mass is 32.2. The van der Waals surface area contributed by atoms with Crippen molar-refractivity contribution in [3.63, 3.8) is 0 Å². The first-order chi connectivity index (χ1) is 15.0. The minimum absolute atomic E-state index is 0.0871. The van der Waals surface area contributed by atoms with Gasteiger partial charge in [-0.1, -0.05) is 24.3 Å². The molecule has 158 valence electrons. The molecule has 3 aromatic carbocycles. The first-order valence-electron chi connectivity index (χ1n) is 10.0. The van der Waals surface area contributed by atoms with Crippen LogP contribution >= 0.6 is 11.8 Å². The van der Waals surface area contributed by atoms with Crippen LogP contribution in [-0.4, -0.2) is 24.7 Å². The molecule has 2 amide bonds. The number of benzene rings is 3. The van der Waals surface area contributed by atoms with Crippen molar-refractivity contribution in [2.75, 3.05) is 23.1 Å². The first kappa shape index (κ1) is 21.0. The molecule has 0 spiro atoms. The van der Waals surface area contributed by atoms with E-state index in [1.165, 1.54) is 5.56 Å². The van der Waals surface area contributed by atoms with Crippen molar-refractivity contribution < 1.29 is 14.3 Å². The molecule has 4 rings (SSSR count). The average Bonchev–Trinajstić information content (AvgIpc) is 3.17. The molecule has 1 aliphatic heterocycles. The van der Waals surface area contributed by atoms with Crippen LogP contribution in [-0.2, 0) is 4.79 Å². The van der Waals surface area contributed by atoms with Crippen LogP contribution in [0.1, 0.15) is 32.4 Å². The van der Waals surface area contributed by atoms with E-state index in [1.54, 1.807) is 43.1 Å². The van der Waals surface area contributed by atoms with Crippen LogP contribution < -0.4 is 15.0 Å². The van der Waals surface area contributed by atoms with Crippen molar-refractivity contribution in [3.05, 3.63) is 89.0 Å². The maximum atomic E-state index is 12.7. The fraction of sp³-hybridized carbons (Fsp3) is 0.200. The van der Waals surface area contributed by atoms with Gasteiger partial charge in [0.2, 0.25) is 5.91 Å². The summed E-state index contributed by atoms with van der Waals surface area (Å²) in [5.41, 5.74) is 5.42. The number of carbonyl (C=O) groups excluding carboxylic acids is 2. The van der Waals surface area contributed by atoms with Crippen molar-refractivity contribution in [3.8, 4) is 5.75 Å². The van der Waals surface area contributed by atoms with Crippen LogP contribution in [0.15, 0.2) is 66.7 Å². The highest BCUT2D eigenvalue weighted by Gasteiger charge is 2.34. The predicted molar refractivity (Wildman–Crippen MR) is 126 cm³/mol. The van der Waals surface area contributed by atoms with Gasteiger partial charge in [0, 0.05) is 16.9 Å². The molecule has 0 bridgehead atoms. The van der Waals surface area contributed by atoms with Gasteiger partial charge in [-0.25, -0.2) is 0 Å². The Morgan fingerprint density at radius 2 is 1.84 bits per heavy atom. The van der Waals surface area contributed by atoms with Crippen molar-refractivity contribution in [2.24, 2.45) is 0 Å². The molecule has 0 radical (unpaired) electrons. The number of nitrogens with zero attached hydrogens (tertiary/aromatic N) is 1. The second-order valence-electron chi connectivity index (χ2n) is 7.51. The summed E-state index contributed by atoms with van der Waals surface area (Å²) in [4.78, 5) is 27.2. The molecular formula is C25H24N2O3S. The summed E-state index contributed by atoms with van der Waals surface area (Å²) in [5.74, 6) is 0.936. The number of aryl methyl sites for hydroxylation is 2. The van der Waals surface area contributed by atoms with E-state index < -0.39 is 0 Å². The van der Waals surface area contributed by atoms with Crippen molar-refractivity contribution >= 4 is 35.0 Å². The van der Waals surface area contributed by atoms with Crippen LogP contribution in [0.2, 0.25) is 0 Å². The number of amides is 2. The molecule has 1 atom stereocenters.